The highest BCUT2D eigenvalue weighted by molar-refractivity contribution is 7.14. The van der Waals surface area contributed by atoms with Gasteiger partial charge < -0.3 is 14.9 Å². The van der Waals surface area contributed by atoms with Crippen LogP contribution >= 0.6 is 11.3 Å². The van der Waals surface area contributed by atoms with Gasteiger partial charge in [-0.05, 0) is 59.7 Å². The average molecular weight is 512 g/mol. The summed E-state index contributed by atoms with van der Waals surface area (Å²) in [5.74, 6) is -0.148. The predicted molar refractivity (Wildman–Crippen MR) is 153 cm³/mol. The highest BCUT2D eigenvalue weighted by atomic mass is 32.1. The van der Waals surface area contributed by atoms with Crippen molar-refractivity contribution in [1.82, 2.24) is 4.98 Å². The minimum absolute atomic E-state index is 0.300. The summed E-state index contributed by atoms with van der Waals surface area (Å²) in [6, 6.07) is 24.8. The molecule has 1 aliphatic rings. The van der Waals surface area contributed by atoms with Crippen LogP contribution < -0.4 is 9.80 Å². The molecule has 1 fully saturated rings. The van der Waals surface area contributed by atoms with Crippen molar-refractivity contribution in [2.24, 2.45) is 0 Å². The summed E-state index contributed by atoms with van der Waals surface area (Å²) < 4.78 is 0. The highest BCUT2D eigenvalue weighted by Crippen LogP contribution is 2.34. The lowest BCUT2D eigenvalue weighted by Gasteiger charge is -2.20. The molecule has 1 N–H and O–H groups in total. The van der Waals surface area contributed by atoms with Crippen molar-refractivity contribution in [2.75, 3.05) is 23.9 Å². The summed E-state index contributed by atoms with van der Waals surface area (Å²) in [4.78, 5) is 20.3. The molecule has 0 unspecified atom stereocenters. The lowest BCUT2D eigenvalue weighted by Crippen LogP contribution is -2.16. The summed E-state index contributed by atoms with van der Waals surface area (Å²) in [7, 11) is 4.14. The van der Waals surface area contributed by atoms with Gasteiger partial charge in [0.05, 0.1) is 11.3 Å². The van der Waals surface area contributed by atoms with Crippen molar-refractivity contribution in [1.29, 1.82) is 0 Å². The van der Waals surface area contributed by atoms with Crippen LogP contribution in [0.5, 0.6) is 0 Å². The molecular formula is C31H33N3O2S. The molecule has 0 atom stereocenters. The smallest absolute Gasteiger partial charge is 0.335 e. The number of benzene rings is 3. The van der Waals surface area contributed by atoms with E-state index in [0.29, 0.717) is 12.1 Å². The molecule has 0 bridgehead atoms. The maximum atomic E-state index is 11.1. The fourth-order valence-corrected chi connectivity index (χ4v) is 5.87. The Hall–Kier alpha value is -3.64. The van der Waals surface area contributed by atoms with Gasteiger partial charge >= 0.3 is 5.97 Å². The molecule has 0 radical (unpaired) electrons. The van der Waals surface area contributed by atoms with Crippen molar-refractivity contribution in [3.8, 4) is 11.3 Å². The summed E-state index contributed by atoms with van der Waals surface area (Å²) in [6.45, 7) is 1.54. The number of hydrogen-bond donors (Lipinski definition) is 1. The molecule has 0 spiro atoms. The van der Waals surface area contributed by atoms with Crippen molar-refractivity contribution in [3.63, 3.8) is 0 Å². The Morgan fingerprint density at radius 2 is 1.46 bits per heavy atom. The fourth-order valence-electron chi connectivity index (χ4n) is 5.07. The second-order valence-electron chi connectivity index (χ2n) is 10.00. The van der Waals surface area contributed by atoms with Gasteiger partial charge in [0, 0.05) is 43.8 Å². The molecule has 5 rings (SSSR count). The molecule has 5 nitrogen and oxygen atoms in total. The number of aromatic nitrogens is 1. The van der Waals surface area contributed by atoms with Gasteiger partial charge in [-0.3, -0.25) is 0 Å². The topological polar surface area (TPSA) is 56.7 Å². The van der Waals surface area contributed by atoms with Crippen LogP contribution in [0.25, 0.3) is 11.3 Å². The number of thiazole rings is 1. The molecule has 1 aliphatic carbocycles. The van der Waals surface area contributed by atoms with E-state index in [1.54, 1.807) is 23.5 Å². The highest BCUT2D eigenvalue weighted by Gasteiger charge is 2.17. The van der Waals surface area contributed by atoms with E-state index in [2.05, 4.69) is 70.8 Å². The van der Waals surface area contributed by atoms with Crippen LogP contribution in [0.1, 0.15) is 58.6 Å². The van der Waals surface area contributed by atoms with E-state index in [1.165, 1.54) is 42.5 Å². The zero-order chi connectivity index (χ0) is 25.8. The molecule has 0 aliphatic heterocycles. The van der Waals surface area contributed by atoms with Gasteiger partial charge in [-0.25, -0.2) is 9.78 Å². The Kier molecular flexibility index (Phi) is 7.56. The lowest BCUT2D eigenvalue weighted by atomic mass is 9.96. The van der Waals surface area contributed by atoms with Gasteiger partial charge in [-0.15, -0.1) is 11.3 Å². The fraction of sp³-hybridized carbons (Fsp3) is 0.290. The number of rotatable bonds is 9. The van der Waals surface area contributed by atoms with Crippen LogP contribution in [0.4, 0.5) is 10.8 Å². The van der Waals surface area contributed by atoms with E-state index < -0.39 is 5.97 Å². The molecule has 0 amide bonds. The zero-order valence-electron chi connectivity index (χ0n) is 21.4. The van der Waals surface area contributed by atoms with Crippen LogP contribution in [-0.2, 0) is 13.1 Å². The third kappa shape index (κ3) is 6.03. The molecule has 6 heteroatoms. The van der Waals surface area contributed by atoms with Gasteiger partial charge in [-0.1, -0.05) is 61.4 Å². The van der Waals surface area contributed by atoms with E-state index in [4.69, 9.17) is 10.1 Å². The largest absolute Gasteiger partial charge is 0.478 e. The predicted octanol–water partition coefficient (Wildman–Crippen LogP) is 7.44. The first-order valence-corrected chi connectivity index (χ1v) is 13.7. The minimum Gasteiger partial charge on any atom is -0.478 e. The van der Waals surface area contributed by atoms with Gasteiger partial charge in [0.1, 0.15) is 0 Å². The first-order chi connectivity index (χ1) is 18.0. The third-order valence-corrected chi connectivity index (χ3v) is 8.22. The van der Waals surface area contributed by atoms with E-state index in [0.717, 1.165) is 34.4 Å². The van der Waals surface area contributed by atoms with E-state index >= 15 is 0 Å². The molecule has 0 saturated heterocycles. The molecular weight excluding hydrogens is 478 g/mol. The Morgan fingerprint density at radius 3 is 2.08 bits per heavy atom. The Labute approximate surface area is 223 Å². The third-order valence-electron chi connectivity index (χ3n) is 7.27. The van der Waals surface area contributed by atoms with Gasteiger partial charge in [-0.2, -0.15) is 0 Å². The lowest BCUT2D eigenvalue weighted by molar-refractivity contribution is 0.0697. The van der Waals surface area contributed by atoms with E-state index in [1.807, 2.05) is 19.2 Å². The summed E-state index contributed by atoms with van der Waals surface area (Å²) >= 11 is 1.61. The van der Waals surface area contributed by atoms with Crippen molar-refractivity contribution in [3.05, 3.63) is 100 Å². The van der Waals surface area contributed by atoms with Crippen molar-refractivity contribution < 1.29 is 9.90 Å². The van der Waals surface area contributed by atoms with Crippen molar-refractivity contribution in [2.45, 2.75) is 44.7 Å². The number of anilines is 2. The quantitative estimate of drug-likeness (QED) is 0.253. The SMILES string of the molecule is CN(Cc1ccc(C2CCCC2)cc1)c1ccc(-c2csc(N(C)Cc3ccc(C(=O)O)cc3)n2)cc1. The first-order valence-electron chi connectivity index (χ1n) is 12.9. The Bertz CT molecular complexity index is 1320. The Balaban J connectivity index is 1.19. The normalized spacial score (nSPS) is 13.6. The number of carbonyl (C=O) groups is 1. The maximum Gasteiger partial charge on any atom is 0.335 e. The first kappa shape index (κ1) is 25.0. The van der Waals surface area contributed by atoms with Crippen LogP contribution in [0.15, 0.2) is 78.2 Å². The second kappa shape index (κ2) is 11.2. The molecule has 1 saturated carbocycles. The number of carboxylic acid groups (broad SMARTS) is 1. The van der Waals surface area contributed by atoms with Crippen LogP contribution in [0.3, 0.4) is 0 Å². The van der Waals surface area contributed by atoms with E-state index in [9.17, 15) is 4.79 Å². The summed E-state index contributed by atoms with van der Waals surface area (Å²) in [6.07, 6.45) is 5.42. The standard InChI is InChI=1S/C31H33N3O2S/c1-33(19-22-7-11-25(12-8-22)24-5-3-4-6-24)28-17-15-26(16-18-28)29-21-37-31(32-29)34(2)20-23-9-13-27(14-10-23)30(35)36/h7-18,21,24H,3-6,19-20H2,1-2H3,(H,35,36). The molecule has 1 heterocycles. The molecule has 37 heavy (non-hydrogen) atoms. The Morgan fingerprint density at radius 1 is 0.865 bits per heavy atom. The molecule has 1 aromatic heterocycles. The number of aromatic carboxylic acids is 1. The van der Waals surface area contributed by atoms with Gasteiger partial charge in [0.15, 0.2) is 5.13 Å². The monoisotopic (exact) mass is 511 g/mol. The van der Waals surface area contributed by atoms with Gasteiger partial charge in [0.25, 0.3) is 0 Å². The maximum absolute atomic E-state index is 11.1. The van der Waals surface area contributed by atoms with Crippen LogP contribution in [0, 0.1) is 0 Å². The minimum atomic E-state index is -0.908. The summed E-state index contributed by atoms with van der Waals surface area (Å²) in [5, 5.41) is 12.1. The summed E-state index contributed by atoms with van der Waals surface area (Å²) in [5.41, 5.74) is 7.42. The number of nitrogens with zero attached hydrogens (tertiary/aromatic N) is 3. The van der Waals surface area contributed by atoms with Crippen LogP contribution in [-0.4, -0.2) is 30.2 Å². The zero-order valence-corrected chi connectivity index (χ0v) is 22.2. The number of carboxylic acids is 1. The van der Waals surface area contributed by atoms with Crippen LogP contribution in [0.2, 0.25) is 0 Å². The average Bonchev–Trinajstić information content (AvgIpc) is 3.63. The second-order valence-corrected chi connectivity index (χ2v) is 10.8. The molecule has 4 aromatic rings. The van der Waals surface area contributed by atoms with Gasteiger partial charge in [0.2, 0.25) is 0 Å². The van der Waals surface area contributed by atoms with Crippen molar-refractivity contribution >= 4 is 28.1 Å². The van der Waals surface area contributed by atoms with E-state index in [-0.39, 0.29) is 0 Å². The molecule has 3 aromatic carbocycles. The molecule has 190 valence electrons. The number of hydrogen-bond acceptors (Lipinski definition) is 5.